The van der Waals surface area contributed by atoms with Gasteiger partial charge < -0.3 is 14.6 Å². The van der Waals surface area contributed by atoms with Crippen molar-refractivity contribution in [2.24, 2.45) is 0 Å². The van der Waals surface area contributed by atoms with Gasteiger partial charge in [-0.05, 0) is 29.7 Å². The number of methoxy groups -OCH3 is 2. The Morgan fingerprint density at radius 1 is 1.19 bits per heavy atom. The summed E-state index contributed by atoms with van der Waals surface area (Å²) in [6.07, 6.45) is 1.58. The maximum atomic E-state index is 14.3. The average molecular weight is 453 g/mol. The zero-order valence-corrected chi connectivity index (χ0v) is 18.4. The molecule has 1 atom stereocenters. The third kappa shape index (κ3) is 2.69. The van der Waals surface area contributed by atoms with E-state index in [4.69, 9.17) is 21.1 Å². The molecule has 5 rings (SSSR count). The van der Waals surface area contributed by atoms with Crippen LogP contribution in [0.5, 0.6) is 11.5 Å². The number of aliphatic hydroxyl groups is 1. The predicted molar refractivity (Wildman–Crippen MR) is 119 cm³/mol. The molecular weight excluding hydrogens is 434 g/mol. The Labute approximate surface area is 189 Å². The van der Waals surface area contributed by atoms with Crippen molar-refractivity contribution < 1.29 is 23.8 Å². The predicted octanol–water partition coefficient (Wildman–Crippen LogP) is 2.29. The zero-order valence-electron chi connectivity index (χ0n) is 17.6. The van der Waals surface area contributed by atoms with E-state index < -0.39 is 17.4 Å². The second-order valence-corrected chi connectivity index (χ2v) is 8.31. The molecule has 3 heterocycles. The van der Waals surface area contributed by atoms with Crippen molar-refractivity contribution in [1.29, 1.82) is 0 Å². The summed E-state index contributed by atoms with van der Waals surface area (Å²) in [5.74, 6) is 0.0958. The average Bonchev–Trinajstić information content (AvgIpc) is 3.02. The number of halogens is 2. The van der Waals surface area contributed by atoms with Crippen molar-refractivity contribution in [2.45, 2.75) is 19.1 Å². The SMILES string of the molecule is COc1ccc(CN2C(=O)c3c(Cl)ncc4c3C2(O)c2cc(F)ccc2B4C)c(OC)c1. The summed E-state index contributed by atoms with van der Waals surface area (Å²) < 4.78 is 25.1. The molecule has 0 saturated carbocycles. The van der Waals surface area contributed by atoms with E-state index in [2.05, 4.69) is 4.98 Å². The van der Waals surface area contributed by atoms with Gasteiger partial charge in [-0.2, -0.15) is 0 Å². The lowest BCUT2D eigenvalue weighted by Crippen LogP contribution is -2.58. The van der Waals surface area contributed by atoms with Gasteiger partial charge in [-0.1, -0.05) is 30.0 Å². The number of aromatic nitrogens is 1. The van der Waals surface area contributed by atoms with Crippen molar-refractivity contribution in [2.75, 3.05) is 14.2 Å². The fraction of sp³-hybridized carbons (Fsp3) is 0.217. The van der Waals surface area contributed by atoms with Gasteiger partial charge in [0.1, 0.15) is 22.5 Å². The van der Waals surface area contributed by atoms with E-state index in [1.807, 2.05) is 6.82 Å². The number of fused-ring (bicyclic) bond motifs is 2. The van der Waals surface area contributed by atoms with E-state index in [-0.39, 0.29) is 24.0 Å². The summed E-state index contributed by atoms with van der Waals surface area (Å²) in [5.41, 5.74) is 0.968. The third-order valence-corrected chi connectivity index (χ3v) is 6.69. The van der Waals surface area contributed by atoms with Crippen molar-refractivity contribution >= 4 is 35.1 Å². The number of ether oxygens (including phenoxy) is 2. The van der Waals surface area contributed by atoms with Gasteiger partial charge in [-0.25, -0.2) is 9.37 Å². The third-order valence-electron chi connectivity index (χ3n) is 6.41. The minimum absolute atomic E-state index is 0.00269. The summed E-state index contributed by atoms with van der Waals surface area (Å²) in [6.45, 7) is 1.73. The maximum Gasteiger partial charge on any atom is 0.260 e. The van der Waals surface area contributed by atoms with Crippen LogP contribution in [0.3, 0.4) is 0 Å². The first-order chi connectivity index (χ1) is 15.3. The Hall–Kier alpha value is -3.10. The van der Waals surface area contributed by atoms with Gasteiger partial charge in [0.25, 0.3) is 5.91 Å². The number of hydrogen-bond acceptors (Lipinski definition) is 5. The van der Waals surface area contributed by atoms with Crippen LogP contribution in [0.4, 0.5) is 4.39 Å². The lowest BCUT2D eigenvalue weighted by atomic mass is 9.38. The normalized spacial score (nSPS) is 18.5. The molecule has 162 valence electrons. The monoisotopic (exact) mass is 452 g/mol. The molecule has 32 heavy (non-hydrogen) atoms. The number of carbonyl (C=O) groups is 1. The number of hydrogen-bond donors (Lipinski definition) is 1. The Morgan fingerprint density at radius 2 is 1.97 bits per heavy atom. The van der Waals surface area contributed by atoms with Crippen LogP contribution in [0.1, 0.15) is 27.0 Å². The Balaban J connectivity index is 1.74. The van der Waals surface area contributed by atoms with Gasteiger partial charge in [0.2, 0.25) is 6.71 Å². The largest absolute Gasteiger partial charge is 0.497 e. The molecule has 1 aromatic heterocycles. The van der Waals surface area contributed by atoms with Crippen LogP contribution in [0.2, 0.25) is 12.0 Å². The lowest BCUT2D eigenvalue weighted by Gasteiger charge is -2.41. The second-order valence-electron chi connectivity index (χ2n) is 7.95. The smallest absolute Gasteiger partial charge is 0.260 e. The first-order valence-corrected chi connectivity index (χ1v) is 10.4. The van der Waals surface area contributed by atoms with Gasteiger partial charge in [0, 0.05) is 29.0 Å². The summed E-state index contributed by atoms with van der Waals surface area (Å²) in [6, 6.07) is 9.47. The molecule has 0 spiro atoms. The van der Waals surface area contributed by atoms with Gasteiger partial charge in [0.15, 0.2) is 5.72 Å². The van der Waals surface area contributed by atoms with Crippen LogP contribution in [0.25, 0.3) is 0 Å². The first kappa shape index (κ1) is 20.8. The number of nitrogens with zero attached hydrogens (tertiary/aromatic N) is 2. The highest BCUT2D eigenvalue weighted by molar-refractivity contribution is 6.85. The molecule has 0 fully saturated rings. The van der Waals surface area contributed by atoms with Crippen LogP contribution in [0, 0.1) is 5.82 Å². The van der Waals surface area contributed by atoms with Crippen molar-refractivity contribution in [3.8, 4) is 11.5 Å². The highest BCUT2D eigenvalue weighted by atomic mass is 35.5. The summed E-state index contributed by atoms with van der Waals surface area (Å²) in [5, 5.41) is 12.1. The van der Waals surface area contributed by atoms with Crippen LogP contribution >= 0.6 is 11.6 Å². The molecule has 1 unspecified atom stereocenters. The molecule has 2 aromatic carbocycles. The van der Waals surface area contributed by atoms with Gasteiger partial charge in [0.05, 0.1) is 26.3 Å². The van der Waals surface area contributed by atoms with Crippen LogP contribution in [-0.4, -0.2) is 41.8 Å². The minimum atomic E-state index is -1.90. The van der Waals surface area contributed by atoms with E-state index >= 15 is 0 Å². The number of rotatable bonds is 4. The van der Waals surface area contributed by atoms with E-state index in [1.54, 1.807) is 37.6 Å². The molecule has 2 aliphatic heterocycles. The van der Waals surface area contributed by atoms with Gasteiger partial charge in [-0.3, -0.25) is 9.69 Å². The molecule has 9 heteroatoms. The highest BCUT2D eigenvalue weighted by Crippen LogP contribution is 2.46. The molecule has 6 nitrogen and oxygen atoms in total. The summed E-state index contributed by atoms with van der Waals surface area (Å²) in [7, 11) is 3.06. The molecule has 1 N–H and O–H groups in total. The molecular formula is C23H19BClFN2O4. The minimum Gasteiger partial charge on any atom is -0.497 e. The fourth-order valence-corrected chi connectivity index (χ4v) is 5.04. The maximum absolute atomic E-state index is 14.3. The topological polar surface area (TPSA) is 71.9 Å². The molecule has 1 amide bonds. The van der Waals surface area contributed by atoms with E-state index in [0.29, 0.717) is 33.7 Å². The van der Waals surface area contributed by atoms with Crippen LogP contribution in [0.15, 0.2) is 42.6 Å². The zero-order chi connectivity index (χ0) is 22.8. The van der Waals surface area contributed by atoms with E-state index in [0.717, 1.165) is 5.46 Å². The van der Waals surface area contributed by atoms with Crippen molar-refractivity contribution in [3.63, 3.8) is 0 Å². The molecule has 0 bridgehead atoms. The Kier molecular flexibility index (Phi) is 4.69. The Morgan fingerprint density at radius 3 is 2.69 bits per heavy atom. The molecule has 0 saturated heterocycles. The van der Waals surface area contributed by atoms with Gasteiger partial charge >= 0.3 is 0 Å². The van der Waals surface area contributed by atoms with Crippen LogP contribution < -0.4 is 20.4 Å². The standard InChI is InChI=1S/C23H19BClFN2O4/c1-24-16-7-5-13(26)8-15(16)23(30)20-17(24)10-27-21(25)19(20)22(29)28(23)11-12-4-6-14(31-2)9-18(12)32-3/h4-10,30H,11H2,1-3H3. The number of amides is 1. The summed E-state index contributed by atoms with van der Waals surface area (Å²) >= 11 is 6.33. The first-order valence-electron chi connectivity index (χ1n) is 10.0. The molecule has 0 radical (unpaired) electrons. The van der Waals surface area contributed by atoms with Crippen molar-refractivity contribution in [3.05, 3.63) is 75.8 Å². The second kappa shape index (κ2) is 7.22. The van der Waals surface area contributed by atoms with E-state index in [1.165, 1.54) is 24.1 Å². The lowest BCUT2D eigenvalue weighted by molar-refractivity contribution is -0.0537. The Bertz CT molecular complexity index is 1290. The number of pyridine rings is 1. The summed E-state index contributed by atoms with van der Waals surface area (Å²) in [4.78, 5) is 19.1. The molecule has 3 aromatic rings. The highest BCUT2D eigenvalue weighted by Gasteiger charge is 2.56. The number of carbonyl (C=O) groups excluding carboxylic acids is 1. The quantitative estimate of drug-likeness (QED) is 0.486. The van der Waals surface area contributed by atoms with Gasteiger partial charge in [-0.15, -0.1) is 0 Å². The van der Waals surface area contributed by atoms with E-state index in [9.17, 15) is 14.3 Å². The fourth-order valence-electron chi connectivity index (χ4n) is 4.81. The number of benzene rings is 2. The van der Waals surface area contributed by atoms with Crippen LogP contribution in [-0.2, 0) is 12.3 Å². The molecule has 2 aliphatic rings. The van der Waals surface area contributed by atoms with Crippen molar-refractivity contribution in [1.82, 2.24) is 9.88 Å². The molecule has 0 aliphatic carbocycles.